The minimum atomic E-state index is -1.80. The molecule has 3 heterocycles. The molecule has 3 N–H and O–H groups in total. The molecule has 5 rings (SSSR count). The number of unbranched alkanes of at least 4 members (excludes halogenated alkanes) is 1. The molecule has 1 radical (unpaired) electrons. The number of nitrogens with one attached hydrogen (secondary N) is 3. The summed E-state index contributed by atoms with van der Waals surface area (Å²) in [7, 11) is 0.494. The van der Waals surface area contributed by atoms with E-state index in [1.807, 2.05) is 63.2 Å². The van der Waals surface area contributed by atoms with Gasteiger partial charge in [0.25, 0.3) is 17.4 Å². The number of rotatable bonds is 19. The van der Waals surface area contributed by atoms with E-state index < -0.39 is 42.5 Å². The van der Waals surface area contributed by atoms with Crippen LogP contribution in [0.1, 0.15) is 87.0 Å². The van der Waals surface area contributed by atoms with Crippen LogP contribution in [-0.4, -0.2) is 95.3 Å². The van der Waals surface area contributed by atoms with Gasteiger partial charge in [0.15, 0.2) is 0 Å². The summed E-state index contributed by atoms with van der Waals surface area (Å²) in [6, 6.07) is 16.5. The Morgan fingerprint density at radius 1 is 0.891 bits per heavy atom. The van der Waals surface area contributed by atoms with Crippen LogP contribution in [0.15, 0.2) is 73.2 Å². The van der Waals surface area contributed by atoms with Crippen LogP contribution in [-0.2, 0) is 41.4 Å². The SMILES string of the molecule is COC(=O)C12O[B-]([C@H](CC(C)C)NC(=O)[C@H](Cc3ccccc3)NC(=O)c3cnccn3)[N+]1(CCCCNC(=O)[C@@H](C)c1ccc(CC(C)C)cc1)CC2=O. The van der Waals surface area contributed by atoms with Crippen molar-refractivity contribution in [1.29, 1.82) is 0 Å². The smallest absolute Gasteiger partial charge is 0.398 e. The number of aromatic nitrogens is 2. The molecule has 0 bridgehead atoms. The second-order valence-electron chi connectivity index (χ2n) is 15.6. The molecule has 14 heteroatoms. The van der Waals surface area contributed by atoms with Gasteiger partial charge >= 0.3 is 13.0 Å². The number of ether oxygens (including phenoxy) is 1. The van der Waals surface area contributed by atoms with E-state index in [-0.39, 0.29) is 46.6 Å². The Morgan fingerprint density at radius 2 is 1.60 bits per heavy atom. The summed E-state index contributed by atoms with van der Waals surface area (Å²) in [5.41, 5.74) is 1.30. The first-order valence-electron chi connectivity index (χ1n) is 19.3. The van der Waals surface area contributed by atoms with Crippen molar-refractivity contribution in [3.8, 4) is 0 Å². The van der Waals surface area contributed by atoms with Crippen LogP contribution in [0.4, 0.5) is 0 Å². The summed E-state index contributed by atoms with van der Waals surface area (Å²) in [5.74, 6) is -2.49. The molecule has 0 spiro atoms. The van der Waals surface area contributed by atoms with Crippen molar-refractivity contribution in [2.45, 2.75) is 90.3 Å². The van der Waals surface area contributed by atoms with Gasteiger partial charge in [-0.2, -0.15) is 0 Å². The highest BCUT2D eigenvalue weighted by Crippen LogP contribution is 2.51. The molecule has 0 saturated carbocycles. The number of methoxy groups -OCH3 is 1. The number of ketones is 1. The first kappa shape index (κ1) is 41.2. The van der Waals surface area contributed by atoms with E-state index in [0.29, 0.717) is 38.3 Å². The van der Waals surface area contributed by atoms with Crippen molar-refractivity contribution >= 4 is 36.5 Å². The van der Waals surface area contributed by atoms with Crippen LogP contribution in [0.5, 0.6) is 0 Å². The molecular formula is C41H54BN6O7. The summed E-state index contributed by atoms with van der Waals surface area (Å²) >= 11 is 0. The molecule has 2 saturated heterocycles. The molecule has 13 nitrogen and oxygen atoms in total. The minimum Gasteiger partial charge on any atom is -0.497 e. The zero-order valence-corrected chi connectivity index (χ0v) is 32.7. The maximum atomic E-state index is 14.2. The van der Waals surface area contributed by atoms with Crippen molar-refractivity contribution < 1.29 is 37.8 Å². The highest BCUT2D eigenvalue weighted by Gasteiger charge is 2.79. The van der Waals surface area contributed by atoms with Gasteiger partial charge in [-0.05, 0) is 60.7 Å². The summed E-state index contributed by atoms with van der Waals surface area (Å²) in [5, 5.41) is 9.00. The molecule has 293 valence electrons. The van der Waals surface area contributed by atoms with E-state index in [1.165, 1.54) is 31.3 Å². The van der Waals surface area contributed by atoms with Gasteiger partial charge in [0.1, 0.15) is 18.3 Å². The molecule has 2 unspecified atom stereocenters. The zero-order chi connectivity index (χ0) is 39.8. The number of hydrogen-bond acceptors (Lipinski definition) is 9. The Kier molecular flexibility index (Phi) is 13.6. The first-order valence-corrected chi connectivity index (χ1v) is 19.3. The number of benzene rings is 2. The third-order valence-electron chi connectivity index (χ3n) is 10.6. The van der Waals surface area contributed by atoms with E-state index in [9.17, 15) is 24.0 Å². The van der Waals surface area contributed by atoms with Gasteiger partial charge in [-0.15, -0.1) is 0 Å². The number of fused-ring (bicyclic) bond motifs is 1. The predicted octanol–water partition coefficient (Wildman–Crippen LogP) is 3.57. The molecular weight excluding hydrogens is 699 g/mol. The molecule has 2 aromatic carbocycles. The van der Waals surface area contributed by atoms with Crippen molar-refractivity contribution in [3.63, 3.8) is 0 Å². The number of nitrogens with zero attached hydrogens (tertiary/aromatic N) is 3. The fraction of sp³-hybridized carbons (Fsp3) is 0.488. The number of carbonyl (C=O) groups is 5. The summed E-state index contributed by atoms with van der Waals surface area (Å²) in [6.45, 7) is 11.1. The van der Waals surface area contributed by atoms with E-state index in [4.69, 9.17) is 9.39 Å². The van der Waals surface area contributed by atoms with Gasteiger partial charge < -0.3 is 29.7 Å². The predicted molar refractivity (Wildman–Crippen MR) is 207 cm³/mol. The number of amides is 3. The van der Waals surface area contributed by atoms with Crippen molar-refractivity contribution in [2.75, 3.05) is 26.7 Å². The van der Waals surface area contributed by atoms with Crippen molar-refractivity contribution in [2.24, 2.45) is 11.8 Å². The second-order valence-corrected chi connectivity index (χ2v) is 15.6. The Morgan fingerprint density at radius 3 is 2.22 bits per heavy atom. The van der Waals surface area contributed by atoms with Crippen LogP contribution < -0.4 is 16.0 Å². The standard InChI is InChI=1S/C41H53BN6O7/c1-27(2)22-31-14-16-32(17-15-31)29(5)37(50)45-18-10-11-21-48-26-35(49)41(48,40(53)54-6)55-42(48)36(23-28(3)4)47-38(51)33(24-30-12-8-7-9-13-30)46-39(52)34-25-43-19-20-44-34/h7-9,12-17,19-20,25,27-29,33,36H,10-11,18,21-24,26H2,1-6H3,(H2-,45,46,47,50,51,52)/q-1/p+1/t29-,33-,36-,41?,48?/m0/s1. The van der Waals surface area contributed by atoms with E-state index in [1.54, 1.807) is 0 Å². The Balaban J connectivity index is 1.28. The number of quaternary nitrogens is 1. The molecule has 2 aliphatic heterocycles. The molecule has 1 aromatic heterocycles. The third-order valence-corrected chi connectivity index (χ3v) is 10.6. The molecule has 0 aliphatic carbocycles. The maximum Gasteiger partial charge on any atom is 0.398 e. The largest absolute Gasteiger partial charge is 0.497 e. The van der Waals surface area contributed by atoms with Crippen molar-refractivity contribution in [1.82, 2.24) is 25.9 Å². The van der Waals surface area contributed by atoms with Crippen LogP contribution >= 0.6 is 0 Å². The quantitative estimate of drug-likeness (QED) is 0.0719. The van der Waals surface area contributed by atoms with Crippen LogP contribution in [0.3, 0.4) is 0 Å². The lowest BCUT2D eigenvalue weighted by Gasteiger charge is -2.78. The first-order chi connectivity index (χ1) is 26.3. The zero-order valence-electron chi connectivity index (χ0n) is 32.7. The molecule has 3 aromatic rings. The summed E-state index contributed by atoms with van der Waals surface area (Å²) < 4.78 is 11.4. The summed E-state index contributed by atoms with van der Waals surface area (Å²) in [4.78, 5) is 74.9. The Bertz CT molecular complexity index is 1810. The minimum absolute atomic E-state index is 0.0153. The topological polar surface area (TPSA) is 166 Å². The normalized spacial score (nSPS) is 20.7. The number of Topliss-reactive ketones (excluding diaryl/α,β-unsaturated/α-hetero) is 1. The monoisotopic (exact) mass is 753 g/mol. The highest BCUT2D eigenvalue weighted by molar-refractivity contribution is 6.52. The van der Waals surface area contributed by atoms with Crippen LogP contribution in [0.2, 0.25) is 0 Å². The lowest BCUT2D eigenvalue weighted by Crippen LogP contribution is -3.00. The van der Waals surface area contributed by atoms with Gasteiger partial charge in [-0.1, -0.05) is 88.7 Å². The van der Waals surface area contributed by atoms with Crippen LogP contribution in [0, 0.1) is 11.8 Å². The average Bonchev–Trinajstić information content (AvgIpc) is 3.16. The van der Waals surface area contributed by atoms with E-state index in [0.717, 1.165) is 17.5 Å². The molecule has 55 heavy (non-hydrogen) atoms. The Labute approximate surface area is 324 Å². The molecule has 2 fully saturated rings. The van der Waals surface area contributed by atoms with Gasteiger partial charge in [0.05, 0.1) is 19.2 Å². The molecule has 5 atom stereocenters. The molecule has 2 aliphatic rings. The third kappa shape index (κ3) is 9.13. The number of carbonyl (C=O) groups excluding carboxylic acids is 5. The highest BCUT2D eigenvalue weighted by atomic mass is 16.6. The Hall–Kier alpha value is -4.95. The maximum absolute atomic E-state index is 14.2. The van der Waals surface area contributed by atoms with Gasteiger partial charge in [-0.3, -0.25) is 24.2 Å². The van der Waals surface area contributed by atoms with E-state index in [2.05, 4.69) is 51.9 Å². The average molecular weight is 754 g/mol. The van der Waals surface area contributed by atoms with Gasteiger partial charge in [0.2, 0.25) is 11.8 Å². The van der Waals surface area contributed by atoms with Gasteiger partial charge in [-0.25, -0.2) is 9.78 Å². The van der Waals surface area contributed by atoms with Crippen molar-refractivity contribution in [3.05, 3.63) is 95.6 Å². The molecule has 3 amide bonds. The van der Waals surface area contributed by atoms with Crippen LogP contribution in [0.25, 0.3) is 0 Å². The fourth-order valence-corrected chi connectivity index (χ4v) is 7.76. The lowest BCUT2D eigenvalue weighted by atomic mass is 9.53. The lowest BCUT2D eigenvalue weighted by molar-refractivity contribution is -0.954. The summed E-state index contributed by atoms with van der Waals surface area (Å²) in [6.07, 6.45) is 7.02. The van der Waals surface area contributed by atoms with Gasteiger partial charge in [0, 0.05) is 31.9 Å². The number of hydrogen-bond donors (Lipinski definition) is 3. The number of esters is 1. The second kappa shape index (κ2) is 18.1. The fourth-order valence-electron chi connectivity index (χ4n) is 7.76. The van der Waals surface area contributed by atoms with E-state index >= 15 is 0 Å².